The second kappa shape index (κ2) is 6.99. The summed E-state index contributed by atoms with van der Waals surface area (Å²) in [7, 11) is 0. The van der Waals surface area contributed by atoms with Crippen molar-refractivity contribution in [1.82, 2.24) is 0 Å². The van der Waals surface area contributed by atoms with E-state index in [4.69, 9.17) is 0 Å². The number of carbonyl (C=O) groups is 2. The lowest BCUT2D eigenvalue weighted by molar-refractivity contribution is -0.384. The third-order valence-corrected chi connectivity index (χ3v) is 5.27. The maximum absolute atomic E-state index is 13.3. The number of hydrogen-bond acceptors (Lipinski definition) is 4. The topological polar surface area (TPSA) is 80.5 Å². The van der Waals surface area contributed by atoms with Crippen LogP contribution < -0.4 is 4.90 Å². The van der Waals surface area contributed by atoms with Crippen molar-refractivity contribution >= 4 is 23.1 Å². The van der Waals surface area contributed by atoms with Crippen LogP contribution in [0.4, 0.5) is 15.8 Å². The molecule has 0 aromatic heterocycles. The number of amides is 1. The van der Waals surface area contributed by atoms with Gasteiger partial charge in [0.1, 0.15) is 5.82 Å². The SMILES string of the molecule is O=C1CCCC2=C1C(c1ccc([N+](=O)[O-])cc1)CC(=O)N2c1ccc(F)cc1. The second-order valence-electron chi connectivity index (χ2n) is 6.95. The predicted molar refractivity (Wildman–Crippen MR) is 100 cm³/mol. The standard InChI is InChI=1S/C21H17FN2O4/c22-14-6-10-15(11-7-14)23-18-2-1-3-19(25)21(18)17(12-20(23)26)13-4-8-16(9-5-13)24(27)28/h4-11,17H,1-3,12H2. The molecule has 2 aromatic rings. The number of benzene rings is 2. The van der Waals surface area contributed by atoms with Gasteiger partial charge in [-0.05, 0) is 42.7 Å². The first-order valence-corrected chi connectivity index (χ1v) is 9.05. The molecule has 0 saturated carbocycles. The predicted octanol–water partition coefficient (Wildman–Crippen LogP) is 4.26. The van der Waals surface area contributed by atoms with Crippen LogP contribution in [0.2, 0.25) is 0 Å². The molecule has 6 nitrogen and oxygen atoms in total. The van der Waals surface area contributed by atoms with Gasteiger partial charge in [-0.1, -0.05) is 12.1 Å². The zero-order valence-electron chi connectivity index (χ0n) is 14.9. The molecular weight excluding hydrogens is 363 g/mol. The molecule has 1 atom stereocenters. The van der Waals surface area contributed by atoms with Gasteiger partial charge in [-0.3, -0.25) is 24.6 Å². The van der Waals surface area contributed by atoms with Gasteiger partial charge in [-0.25, -0.2) is 4.39 Å². The van der Waals surface area contributed by atoms with Gasteiger partial charge in [0.05, 0.1) is 4.92 Å². The molecule has 142 valence electrons. The van der Waals surface area contributed by atoms with Crippen molar-refractivity contribution in [3.8, 4) is 0 Å². The van der Waals surface area contributed by atoms with Gasteiger partial charge in [0.2, 0.25) is 5.91 Å². The second-order valence-corrected chi connectivity index (χ2v) is 6.95. The van der Waals surface area contributed by atoms with E-state index >= 15 is 0 Å². The van der Waals surface area contributed by atoms with E-state index in [2.05, 4.69) is 0 Å². The molecule has 0 radical (unpaired) electrons. The Labute approximate surface area is 160 Å². The van der Waals surface area contributed by atoms with Crippen molar-refractivity contribution in [1.29, 1.82) is 0 Å². The number of anilines is 1. The number of ketones is 1. The van der Waals surface area contributed by atoms with Crippen molar-refractivity contribution < 1.29 is 18.9 Å². The van der Waals surface area contributed by atoms with E-state index in [0.717, 1.165) is 0 Å². The summed E-state index contributed by atoms with van der Waals surface area (Å²) in [6.45, 7) is 0. The Balaban J connectivity index is 1.80. The van der Waals surface area contributed by atoms with E-state index in [1.165, 1.54) is 41.3 Å². The highest BCUT2D eigenvalue weighted by molar-refractivity contribution is 6.07. The van der Waals surface area contributed by atoms with Gasteiger partial charge in [-0.2, -0.15) is 0 Å². The van der Waals surface area contributed by atoms with Gasteiger partial charge in [-0.15, -0.1) is 0 Å². The maximum atomic E-state index is 13.3. The van der Waals surface area contributed by atoms with E-state index < -0.39 is 16.7 Å². The van der Waals surface area contributed by atoms with Crippen LogP contribution in [0.3, 0.4) is 0 Å². The van der Waals surface area contributed by atoms with E-state index in [-0.39, 0.29) is 23.8 Å². The van der Waals surface area contributed by atoms with Crippen molar-refractivity contribution in [2.45, 2.75) is 31.6 Å². The van der Waals surface area contributed by atoms with E-state index in [9.17, 15) is 24.1 Å². The molecule has 28 heavy (non-hydrogen) atoms. The number of hydrogen-bond donors (Lipinski definition) is 0. The molecule has 7 heteroatoms. The molecule has 0 bridgehead atoms. The van der Waals surface area contributed by atoms with Gasteiger partial charge in [0.15, 0.2) is 5.78 Å². The fraction of sp³-hybridized carbons (Fsp3) is 0.238. The number of nitro benzene ring substituents is 1. The lowest BCUT2D eigenvalue weighted by atomic mass is 9.77. The Bertz CT molecular complexity index is 996. The van der Waals surface area contributed by atoms with E-state index in [1.807, 2.05) is 0 Å². The average Bonchev–Trinajstić information content (AvgIpc) is 2.68. The third-order valence-electron chi connectivity index (χ3n) is 5.27. The molecule has 1 aliphatic carbocycles. The number of nitro groups is 1. The number of allylic oxidation sites excluding steroid dienone is 2. The number of nitrogens with zero attached hydrogens (tertiary/aromatic N) is 2. The average molecular weight is 380 g/mol. The summed E-state index contributed by atoms with van der Waals surface area (Å²) in [5.41, 5.74) is 2.45. The van der Waals surface area contributed by atoms with Gasteiger partial charge in [0, 0.05) is 47.8 Å². The summed E-state index contributed by atoms with van der Waals surface area (Å²) in [5.74, 6) is -1.01. The smallest absolute Gasteiger partial charge is 0.269 e. The first kappa shape index (κ1) is 18.0. The Kier molecular flexibility index (Phi) is 4.50. The minimum absolute atomic E-state index is 0.00999. The van der Waals surface area contributed by atoms with Crippen LogP contribution in [0, 0.1) is 15.9 Å². The molecule has 1 amide bonds. The van der Waals surface area contributed by atoms with Crippen LogP contribution >= 0.6 is 0 Å². The van der Waals surface area contributed by atoms with E-state index in [0.29, 0.717) is 41.8 Å². The molecule has 2 aromatic carbocycles. The Morgan fingerprint density at radius 1 is 1.00 bits per heavy atom. The monoisotopic (exact) mass is 380 g/mol. The van der Waals surface area contributed by atoms with Crippen molar-refractivity contribution in [2.75, 3.05) is 4.90 Å². The van der Waals surface area contributed by atoms with Crippen LogP contribution in [0.25, 0.3) is 0 Å². The zero-order chi connectivity index (χ0) is 19.8. The minimum atomic E-state index is -0.484. The molecule has 1 heterocycles. The van der Waals surface area contributed by atoms with Crippen molar-refractivity contribution in [2.24, 2.45) is 0 Å². The maximum Gasteiger partial charge on any atom is 0.269 e. The summed E-state index contributed by atoms with van der Waals surface area (Å²) in [5, 5.41) is 10.9. The fourth-order valence-electron chi connectivity index (χ4n) is 4.00. The van der Waals surface area contributed by atoms with Crippen LogP contribution in [-0.4, -0.2) is 16.6 Å². The largest absolute Gasteiger partial charge is 0.294 e. The van der Waals surface area contributed by atoms with Gasteiger partial charge < -0.3 is 0 Å². The number of carbonyl (C=O) groups excluding carboxylic acids is 2. The van der Waals surface area contributed by atoms with Crippen molar-refractivity contribution in [3.05, 3.63) is 81.3 Å². The Morgan fingerprint density at radius 2 is 1.68 bits per heavy atom. The summed E-state index contributed by atoms with van der Waals surface area (Å²) >= 11 is 0. The number of Topliss-reactive ketones (excluding diaryl/α,β-unsaturated/α-hetero) is 1. The fourth-order valence-corrected chi connectivity index (χ4v) is 4.00. The molecule has 0 N–H and O–H groups in total. The molecule has 0 fully saturated rings. The Hall–Kier alpha value is -3.35. The molecular formula is C21H17FN2O4. The minimum Gasteiger partial charge on any atom is -0.294 e. The summed E-state index contributed by atoms with van der Waals surface area (Å²) in [6, 6.07) is 11.6. The molecule has 2 aliphatic rings. The number of halogens is 1. The molecule has 1 unspecified atom stereocenters. The first-order chi connectivity index (χ1) is 13.5. The van der Waals surface area contributed by atoms with Gasteiger partial charge in [0.25, 0.3) is 5.69 Å². The van der Waals surface area contributed by atoms with Crippen molar-refractivity contribution in [3.63, 3.8) is 0 Å². The number of non-ortho nitro benzene ring substituents is 1. The van der Waals surface area contributed by atoms with Crippen LogP contribution in [0.5, 0.6) is 0 Å². The highest BCUT2D eigenvalue weighted by Gasteiger charge is 2.39. The molecule has 4 rings (SSSR count). The summed E-state index contributed by atoms with van der Waals surface area (Å²) < 4.78 is 13.3. The quantitative estimate of drug-likeness (QED) is 0.589. The molecule has 0 spiro atoms. The summed E-state index contributed by atoms with van der Waals surface area (Å²) in [6.07, 6.45) is 1.72. The van der Waals surface area contributed by atoms with Crippen LogP contribution in [0.15, 0.2) is 59.8 Å². The van der Waals surface area contributed by atoms with E-state index in [1.54, 1.807) is 12.1 Å². The highest BCUT2D eigenvalue weighted by Crippen LogP contribution is 2.43. The van der Waals surface area contributed by atoms with Crippen LogP contribution in [0.1, 0.15) is 37.2 Å². The van der Waals surface area contributed by atoms with Crippen LogP contribution in [-0.2, 0) is 9.59 Å². The normalized spacial score (nSPS) is 19.6. The summed E-state index contributed by atoms with van der Waals surface area (Å²) in [4.78, 5) is 37.7. The molecule has 1 aliphatic heterocycles. The lowest BCUT2D eigenvalue weighted by Crippen LogP contribution is -2.40. The lowest BCUT2D eigenvalue weighted by Gasteiger charge is -2.38. The molecule has 0 saturated heterocycles. The third kappa shape index (κ3) is 3.09. The Morgan fingerprint density at radius 3 is 2.32 bits per heavy atom. The zero-order valence-corrected chi connectivity index (χ0v) is 14.9. The highest BCUT2D eigenvalue weighted by atomic mass is 19.1. The number of rotatable bonds is 3. The first-order valence-electron chi connectivity index (χ1n) is 9.05. The van der Waals surface area contributed by atoms with Gasteiger partial charge >= 0.3 is 0 Å².